The fourth-order valence-corrected chi connectivity index (χ4v) is 0.928. The molecule has 0 aliphatic carbocycles. The molecule has 1 aliphatic rings. The van der Waals surface area contributed by atoms with Crippen LogP contribution in [0.1, 0.15) is 0 Å². The zero-order valence-electron chi connectivity index (χ0n) is 7.17. The van der Waals surface area contributed by atoms with Gasteiger partial charge in [0, 0.05) is 12.1 Å². The molecule has 0 saturated carbocycles. The van der Waals surface area contributed by atoms with Crippen LogP contribution in [0.25, 0.3) is 0 Å². The average Bonchev–Trinajstić information content (AvgIpc) is 2.99. The highest BCUT2D eigenvalue weighted by atomic mass is 16.6. The highest BCUT2D eigenvalue weighted by Crippen LogP contribution is 2.19. The number of hydrogen-bond acceptors (Lipinski definition) is 4. The number of ether oxygens (including phenoxy) is 2. The first kappa shape index (κ1) is 8.55. The number of nitrogens with zero attached hydrogens (tertiary/aromatic N) is 1. The number of non-ortho nitro benzene ring substituents is 1. The minimum Gasteiger partial charge on any atom is -0.486 e. The smallest absolute Gasteiger partial charge is 0.269 e. The summed E-state index contributed by atoms with van der Waals surface area (Å²) in [6.07, 6.45) is 1.59. The Morgan fingerprint density at radius 3 is 2.50 bits per heavy atom. The van der Waals surface area contributed by atoms with Crippen LogP contribution in [0.5, 0.6) is 5.75 Å². The fourth-order valence-electron chi connectivity index (χ4n) is 0.928. The Hall–Kier alpha value is -2.04. The van der Waals surface area contributed by atoms with Gasteiger partial charge in [-0.2, -0.15) is 0 Å². The third-order valence-electron chi connectivity index (χ3n) is 1.71. The lowest BCUT2D eigenvalue weighted by Crippen LogP contribution is -1.95. The van der Waals surface area contributed by atoms with Crippen molar-refractivity contribution in [3.8, 4) is 5.75 Å². The second kappa shape index (κ2) is 3.37. The van der Waals surface area contributed by atoms with Gasteiger partial charge in [-0.05, 0) is 12.1 Å². The molecule has 0 N–H and O–H groups in total. The van der Waals surface area contributed by atoms with Crippen molar-refractivity contribution in [2.45, 2.75) is 0 Å². The summed E-state index contributed by atoms with van der Waals surface area (Å²) in [4.78, 5) is 9.88. The normalized spacial score (nSPS) is 12.7. The number of nitro groups is 1. The first-order valence-electron chi connectivity index (χ1n) is 3.98. The minimum absolute atomic E-state index is 0.0548. The zero-order valence-corrected chi connectivity index (χ0v) is 7.17. The molecule has 1 aromatic rings. The zero-order chi connectivity index (χ0) is 9.97. The monoisotopic (exact) mass is 193 g/mol. The number of hydrogen-bond donors (Lipinski definition) is 0. The molecule has 0 spiro atoms. The SMILES string of the molecule is O=[N+]([O-])c1ccc(OCC2=CO2)cc1. The van der Waals surface area contributed by atoms with Crippen LogP contribution in [-0.4, -0.2) is 11.5 Å². The van der Waals surface area contributed by atoms with Gasteiger partial charge in [-0.25, -0.2) is 0 Å². The maximum atomic E-state index is 10.3. The summed E-state index contributed by atoms with van der Waals surface area (Å²) < 4.78 is 10.00. The van der Waals surface area contributed by atoms with Gasteiger partial charge in [-0.15, -0.1) is 0 Å². The molecular formula is C9H7NO4. The molecule has 14 heavy (non-hydrogen) atoms. The molecule has 0 atom stereocenters. The summed E-state index contributed by atoms with van der Waals surface area (Å²) in [6.45, 7) is 0.373. The summed E-state index contributed by atoms with van der Waals surface area (Å²) in [5.41, 5.74) is 0.0548. The molecule has 1 heterocycles. The number of nitro benzene ring substituents is 1. The molecule has 0 amide bonds. The van der Waals surface area contributed by atoms with Crippen LogP contribution in [0.3, 0.4) is 0 Å². The Kier molecular flexibility index (Phi) is 2.06. The molecule has 5 heteroatoms. The van der Waals surface area contributed by atoms with Crippen molar-refractivity contribution in [2.24, 2.45) is 0 Å². The minimum atomic E-state index is -0.448. The fraction of sp³-hybridized carbons (Fsp3) is 0.111. The molecular weight excluding hydrogens is 186 g/mol. The van der Waals surface area contributed by atoms with E-state index in [-0.39, 0.29) is 5.69 Å². The maximum absolute atomic E-state index is 10.3. The lowest BCUT2D eigenvalue weighted by Gasteiger charge is -2.01. The molecule has 0 unspecified atom stereocenters. The third kappa shape index (κ3) is 2.01. The number of benzene rings is 1. The molecule has 1 aromatic carbocycles. The Balaban J connectivity index is 1.97. The summed E-state index contributed by atoms with van der Waals surface area (Å²) in [6, 6.07) is 5.91. The van der Waals surface area contributed by atoms with Crippen molar-refractivity contribution < 1.29 is 14.4 Å². The van der Waals surface area contributed by atoms with Crippen molar-refractivity contribution in [2.75, 3.05) is 6.61 Å². The van der Waals surface area contributed by atoms with Gasteiger partial charge in [0.25, 0.3) is 5.69 Å². The van der Waals surface area contributed by atoms with E-state index < -0.39 is 4.92 Å². The summed E-state index contributed by atoms with van der Waals surface area (Å²) >= 11 is 0. The van der Waals surface area contributed by atoms with E-state index in [4.69, 9.17) is 9.47 Å². The Labute approximate surface area is 79.7 Å². The molecule has 0 saturated heterocycles. The van der Waals surface area contributed by atoms with Crippen LogP contribution in [0.2, 0.25) is 0 Å². The van der Waals surface area contributed by atoms with E-state index in [1.54, 1.807) is 18.4 Å². The van der Waals surface area contributed by atoms with Crippen molar-refractivity contribution >= 4 is 5.69 Å². The second-order valence-corrected chi connectivity index (χ2v) is 2.74. The van der Waals surface area contributed by atoms with Gasteiger partial charge in [-0.3, -0.25) is 10.1 Å². The maximum Gasteiger partial charge on any atom is 0.269 e. The first-order valence-corrected chi connectivity index (χ1v) is 3.98. The summed E-state index contributed by atoms with van der Waals surface area (Å²) in [7, 11) is 0. The Bertz CT molecular complexity index is 382. The van der Waals surface area contributed by atoms with E-state index >= 15 is 0 Å². The van der Waals surface area contributed by atoms with Crippen molar-refractivity contribution in [3.05, 3.63) is 46.4 Å². The molecule has 1 aliphatic heterocycles. The van der Waals surface area contributed by atoms with Gasteiger partial charge >= 0.3 is 0 Å². The second-order valence-electron chi connectivity index (χ2n) is 2.74. The van der Waals surface area contributed by atoms with Crippen LogP contribution in [0, 0.1) is 10.1 Å². The van der Waals surface area contributed by atoms with Crippen LogP contribution in [-0.2, 0) is 4.74 Å². The van der Waals surface area contributed by atoms with E-state index in [2.05, 4.69) is 0 Å². The average molecular weight is 193 g/mol. The van der Waals surface area contributed by atoms with Crippen molar-refractivity contribution in [1.29, 1.82) is 0 Å². The quantitative estimate of drug-likeness (QED) is 0.540. The van der Waals surface area contributed by atoms with Crippen molar-refractivity contribution in [3.63, 3.8) is 0 Å². The van der Waals surface area contributed by atoms with Gasteiger partial charge in [0.05, 0.1) is 4.92 Å². The Morgan fingerprint density at radius 1 is 1.36 bits per heavy atom. The van der Waals surface area contributed by atoms with E-state index in [0.717, 1.165) is 5.76 Å². The standard InChI is InChI=1S/C9H7NO4/c11-10(12)7-1-3-8(4-2-7)13-5-9-6-14-9/h1-4,6H,5H2. The van der Waals surface area contributed by atoms with Crippen LogP contribution in [0.15, 0.2) is 36.3 Å². The lowest BCUT2D eigenvalue weighted by atomic mass is 10.3. The van der Waals surface area contributed by atoms with Gasteiger partial charge in [-0.1, -0.05) is 0 Å². The van der Waals surface area contributed by atoms with Crippen molar-refractivity contribution in [1.82, 2.24) is 0 Å². The van der Waals surface area contributed by atoms with Crippen LogP contribution < -0.4 is 4.74 Å². The van der Waals surface area contributed by atoms with Gasteiger partial charge in [0.15, 0.2) is 5.76 Å². The lowest BCUT2D eigenvalue weighted by molar-refractivity contribution is -0.384. The van der Waals surface area contributed by atoms with Crippen LogP contribution in [0.4, 0.5) is 5.69 Å². The molecule has 0 bridgehead atoms. The molecule has 72 valence electrons. The van der Waals surface area contributed by atoms with E-state index in [1.807, 2.05) is 0 Å². The number of rotatable bonds is 4. The molecule has 0 radical (unpaired) electrons. The van der Waals surface area contributed by atoms with E-state index in [0.29, 0.717) is 12.4 Å². The first-order chi connectivity index (χ1) is 6.75. The summed E-state index contributed by atoms with van der Waals surface area (Å²) in [5, 5.41) is 10.3. The molecule has 5 nitrogen and oxygen atoms in total. The highest BCUT2D eigenvalue weighted by Gasteiger charge is 2.10. The van der Waals surface area contributed by atoms with Gasteiger partial charge in [0.1, 0.15) is 18.6 Å². The largest absolute Gasteiger partial charge is 0.486 e. The topological polar surface area (TPSA) is 64.9 Å². The molecule has 0 fully saturated rings. The highest BCUT2D eigenvalue weighted by molar-refractivity contribution is 5.36. The molecule has 0 aromatic heterocycles. The van der Waals surface area contributed by atoms with E-state index in [1.165, 1.54) is 12.1 Å². The molecule has 2 rings (SSSR count). The van der Waals surface area contributed by atoms with Crippen LogP contribution >= 0.6 is 0 Å². The van der Waals surface area contributed by atoms with Gasteiger partial charge < -0.3 is 9.47 Å². The predicted molar refractivity (Wildman–Crippen MR) is 47.8 cm³/mol. The summed E-state index contributed by atoms with van der Waals surface area (Å²) in [5.74, 6) is 1.37. The van der Waals surface area contributed by atoms with Gasteiger partial charge in [0.2, 0.25) is 0 Å². The van der Waals surface area contributed by atoms with E-state index in [9.17, 15) is 10.1 Å². The predicted octanol–water partition coefficient (Wildman–Crippen LogP) is 1.85. The Morgan fingerprint density at radius 2 is 2.00 bits per heavy atom. The third-order valence-corrected chi connectivity index (χ3v) is 1.71.